The number of hydrogen-bond donors (Lipinski definition) is 3. The topological polar surface area (TPSA) is 83.2 Å². The molecule has 0 spiro atoms. The molecule has 1 atom stereocenters. The Kier molecular flexibility index (Phi) is 7.22. The molecule has 0 saturated heterocycles. The molecular weight excluding hydrogens is 434 g/mol. The molecular formula is C26H27N3O3S. The first kappa shape index (κ1) is 22.8. The lowest BCUT2D eigenvalue weighted by molar-refractivity contribution is -0.118. The number of fused-ring (bicyclic) bond motifs is 1. The zero-order valence-electron chi connectivity index (χ0n) is 18.6. The van der Waals surface area contributed by atoms with Gasteiger partial charge in [-0.05, 0) is 54.6 Å². The van der Waals surface area contributed by atoms with E-state index in [1.165, 1.54) is 11.3 Å². The molecule has 2 amide bonds. The van der Waals surface area contributed by atoms with Crippen LogP contribution in [0.1, 0.15) is 34.6 Å². The number of nitrogens with one attached hydrogen (secondary N) is 3. The first-order valence-electron chi connectivity index (χ1n) is 10.9. The number of rotatable bonds is 9. The van der Waals surface area contributed by atoms with Crippen LogP contribution < -0.4 is 10.6 Å². The number of carbonyl (C=O) groups is 2. The largest absolute Gasteiger partial charge is 0.374 e. The van der Waals surface area contributed by atoms with Crippen LogP contribution in [0.25, 0.3) is 10.9 Å². The summed E-state index contributed by atoms with van der Waals surface area (Å²) in [5.74, 6) is -0.531. The van der Waals surface area contributed by atoms with E-state index in [-0.39, 0.29) is 17.9 Å². The fourth-order valence-electron chi connectivity index (χ4n) is 3.60. The number of ether oxygens (including phenoxy) is 1. The molecule has 0 aliphatic heterocycles. The minimum Gasteiger partial charge on any atom is -0.374 e. The van der Waals surface area contributed by atoms with Gasteiger partial charge in [-0.25, -0.2) is 0 Å². The third-order valence-corrected chi connectivity index (χ3v) is 6.11. The highest BCUT2D eigenvalue weighted by Gasteiger charge is 2.24. The van der Waals surface area contributed by atoms with E-state index in [2.05, 4.69) is 15.6 Å². The summed E-state index contributed by atoms with van der Waals surface area (Å²) in [7, 11) is 0. The van der Waals surface area contributed by atoms with Crippen molar-refractivity contribution < 1.29 is 14.3 Å². The maximum absolute atomic E-state index is 13.3. The second-order valence-electron chi connectivity index (χ2n) is 8.12. The summed E-state index contributed by atoms with van der Waals surface area (Å²) in [5, 5.41) is 8.76. The molecule has 0 fully saturated rings. The van der Waals surface area contributed by atoms with Gasteiger partial charge in [0.2, 0.25) is 5.91 Å². The summed E-state index contributed by atoms with van der Waals surface area (Å²) in [6.45, 7) is 4.43. The van der Waals surface area contributed by atoms with Crippen LogP contribution in [0.15, 0.2) is 72.2 Å². The molecule has 0 aliphatic carbocycles. The molecule has 3 N–H and O–H groups in total. The average molecular weight is 462 g/mol. The number of carbonyl (C=O) groups excluding carboxylic acids is 2. The number of para-hydroxylation sites is 1. The summed E-state index contributed by atoms with van der Waals surface area (Å²) < 4.78 is 5.67. The standard InChI is InChI=1S/C26H27N3O3S/c1-17(2)32-16-18-7-5-8-20(13-18)28-25(30)23(29-26(31)24-11-6-12-33-24)14-19-15-27-22-10-4-3-9-21(19)22/h3-13,15,17,23,27H,14,16H2,1-2H3,(H,28,30)(H,29,31). The molecule has 7 heteroatoms. The lowest BCUT2D eigenvalue weighted by Crippen LogP contribution is -2.45. The zero-order chi connectivity index (χ0) is 23.2. The number of thiophene rings is 1. The lowest BCUT2D eigenvalue weighted by atomic mass is 10.0. The van der Waals surface area contributed by atoms with E-state index in [4.69, 9.17) is 4.74 Å². The van der Waals surface area contributed by atoms with Crippen molar-refractivity contribution in [1.82, 2.24) is 10.3 Å². The van der Waals surface area contributed by atoms with Gasteiger partial charge in [0, 0.05) is 29.2 Å². The van der Waals surface area contributed by atoms with Gasteiger partial charge in [-0.15, -0.1) is 11.3 Å². The van der Waals surface area contributed by atoms with Gasteiger partial charge >= 0.3 is 0 Å². The Balaban J connectivity index is 1.54. The Hall–Kier alpha value is -3.42. The fourth-order valence-corrected chi connectivity index (χ4v) is 4.22. The van der Waals surface area contributed by atoms with E-state index in [1.54, 1.807) is 6.07 Å². The lowest BCUT2D eigenvalue weighted by Gasteiger charge is -2.18. The highest BCUT2D eigenvalue weighted by Crippen LogP contribution is 2.20. The Morgan fingerprint density at radius 1 is 1.06 bits per heavy atom. The summed E-state index contributed by atoms with van der Waals surface area (Å²) in [6, 6.07) is 18.3. The molecule has 1 unspecified atom stereocenters. The molecule has 0 aliphatic rings. The van der Waals surface area contributed by atoms with Crippen LogP contribution in [0.2, 0.25) is 0 Å². The molecule has 2 aromatic carbocycles. The van der Waals surface area contributed by atoms with Gasteiger partial charge in [-0.2, -0.15) is 0 Å². The van der Waals surface area contributed by atoms with E-state index >= 15 is 0 Å². The van der Waals surface area contributed by atoms with Gasteiger partial charge in [-0.3, -0.25) is 9.59 Å². The number of hydrogen-bond acceptors (Lipinski definition) is 4. The SMILES string of the molecule is CC(C)OCc1cccc(NC(=O)C(Cc2c[nH]c3ccccc23)NC(=O)c2cccs2)c1. The number of benzene rings is 2. The molecule has 6 nitrogen and oxygen atoms in total. The molecule has 0 saturated carbocycles. The monoisotopic (exact) mass is 461 g/mol. The smallest absolute Gasteiger partial charge is 0.262 e. The van der Waals surface area contributed by atoms with Crippen molar-refractivity contribution in [1.29, 1.82) is 0 Å². The van der Waals surface area contributed by atoms with Crippen LogP contribution >= 0.6 is 11.3 Å². The molecule has 4 rings (SSSR count). The highest BCUT2D eigenvalue weighted by atomic mass is 32.1. The second-order valence-corrected chi connectivity index (χ2v) is 9.06. The van der Waals surface area contributed by atoms with Crippen molar-refractivity contribution in [2.45, 2.75) is 39.0 Å². The second kappa shape index (κ2) is 10.5. The van der Waals surface area contributed by atoms with E-state index in [1.807, 2.05) is 80.0 Å². The summed E-state index contributed by atoms with van der Waals surface area (Å²) in [5.41, 5.74) is 3.60. The van der Waals surface area contributed by atoms with Crippen LogP contribution in [0.5, 0.6) is 0 Å². The predicted octanol–water partition coefficient (Wildman–Crippen LogP) is 5.13. The molecule has 33 heavy (non-hydrogen) atoms. The summed E-state index contributed by atoms with van der Waals surface area (Å²) >= 11 is 1.35. The first-order chi connectivity index (χ1) is 16.0. The van der Waals surface area contributed by atoms with E-state index < -0.39 is 6.04 Å². The number of amides is 2. The van der Waals surface area contributed by atoms with Crippen LogP contribution in [0, 0.1) is 0 Å². The Bertz CT molecular complexity index is 1230. The van der Waals surface area contributed by atoms with E-state index in [0.717, 1.165) is 22.0 Å². The fraction of sp³-hybridized carbons (Fsp3) is 0.231. The number of H-pyrrole nitrogens is 1. The molecule has 2 aromatic heterocycles. The van der Waals surface area contributed by atoms with Gasteiger partial charge < -0.3 is 20.4 Å². The van der Waals surface area contributed by atoms with Gasteiger partial charge in [0.05, 0.1) is 17.6 Å². The van der Waals surface area contributed by atoms with Gasteiger partial charge in [0.1, 0.15) is 6.04 Å². The maximum atomic E-state index is 13.3. The Morgan fingerprint density at radius 2 is 1.91 bits per heavy atom. The molecule has 2 heterocycles. The number of aromatic amines is 1. The van der Waals surface area contributed by atoms with Gasteiger partial charge in [0.15, 0.2) is 0 Å². The van der Waals surface area contributed by atoms with Crippen LogP contribution in [-0.2, 0) is 22.6 Å². The van der Waals surface area contributed by atoms with Crippen LogP contribution in [-0.4, -0.2) is 28.9 Å². The van der Waals surface area contributed by atoms with Crippen molar-refractivity contribution in [3.05, 3.63) is 88.2 Å². The first-order valence-corrected chi connectivity index (χ1v) is 11.8. The number of aromatic nitrogens is 1. The molecule has 0 radical (unpaired) electrons. The van der Waals surface area contributed by atoms with Crippen molar-refractivity contribution in [3.63, 3.8) is 0 Å². The maximum Gasteiger partial charge on any atom is 0.262 e. The van der Waals surface area contributed by atoms with Crippen molar-refractivity contribution in [2.75, 3.05) is 5.32 Å². The third kappa shape index (κ3) is 5.88. The van der Waals surface area contributed by atoms with Crippen molar-refractivity contribution >= 4 is 39.7 Å². The minimum absolute atomic E-state index is 0.122. The summed E-state index contributed by atoms with van der Waals surface area (Å²) in [6.07, 6.45) is 2.38. The zero-order valence-corrected chi connectivity index (χ0v) is 19.4. The molecule has 0 bridgehead atoms. The van der Waals surface area contributed by atoms with Crippen molar-refractivity contribution in [2.24, 2.45) is 0 Å². The molecule has 4 aromatic rings. The minimum atomic E-state index is -0.741. The third-order valence-electron chi connectivity index (χ3n) is 5.24. The van der Waals surface area contributed by atoms with E-state index in [9.17, 15) is 9.59 Å². The normalized spacial score (nSPS) is 12.1. The Labute approximate surface area is 197 Å². The van der Waals surface area contributed by atoms with E-state index in [0.29, 0.717) is 23.6 Å². The number of anilines is 1. The van der Waals surface area contributed by atoms with Gasteiger partial charge in [-0.1, -0.05) is 36.4 Å². The predicted molar refractivity (Wildman–Crippen MR) is 133 cm³/mol. The Morgan fingerprint density at radius 3 is 2.70 bits per heavy atom. The highest BCUT2D eigenvalue weighted by molar-refractivity contribution is 7.12. The quantitative estimate of drug-likeness (QED) is 0.323. The molecule has 170 valence electrons. The summed E-state index contributed by atoms with van der Waals surface area (Å²) in [4.78, 5) is 29.9. The van der Waals surface area contributed by atoms with Crippen LogP contribution in [0.3, 0.4) is 0 Å². The van der Waals surface area contributed by atoms with Crippen molar-refractivity contribution in [3.8, 4) is 0 Å². The average Bonchev–Trinajstić information content (AvgIpc) is 3.48. The van der Waals surface area contributed by atoms with Crippen LogP contribution in [0.4, 0.5) is 5.69 Å². The van der Waals surface area contributed by atoms with Gasteiger partial charge in [0.25, 0.3) is 5.91 Å².